The molecule has 0 aromatic rings. The van der Waals surface area contributed by atoms with Gasteiger partial charge in [0.2, 0.25) is 9.70 Å². The van der Waals surface area contributed by atoms with Gasteiger partial charge >= 0.3 is 11.9 Å². The Morgan fingerprint density at radius 1 is 1.30 bits per heavy atom. The second-order valence-corrected chi connectivity index (χ2v) is 12.2. The van der Waals surface area contributed by atoms with Gasteiger partial charge in [0.1, 0.15) is 29.7 Å². The van der Waals surface area contributed by atoms with Crippen LogP contribution >= 0.6 is 46.6 Å². The number of hydrogen-bond acceptors (Lipinski definition) is 7. The molecule has 0 radical (unpaired) electrons. The Morgan fingerprint density at radius 2 is 1.89 bits per heavy atom. The molecular weight excluding hydrogens is 439 g/mol. The number of nitrogens with zero attached hydrogens (tertiary/aromatic N) is 1. The van der Waals surface area contributed by atoms with E-state index in [1.807, 2.05) is 13.8 Å². The molecule has 154 valence electrons. The number of halogens is 3. The number of likely N-dealkylation sites (tertiary alicyclic amines) is 1. The van der Waals surface area contributed by atoms with Gasteiger partial charge in [-0.25, -0.2) is 4.79 Å². The Balaban J connectivity index is 2.16. The van der Waals surface area contributed by atoms with Crippen LogP contribution in [0.1, 0.15) is 41.0 Å². The summed E-state index contributed by atoms with van der Waals surface area (Å²) in [4.78, 5) is 38.4. The zero-order valence-electron chi connectivity index (χ0n) is 15.7. The maximum absolute atomic E-state index is 12.6. The molecule has 3 unspecified atom stereocenters. The zero-order valence-corrected chi connectivity index (χ0v) is 18.8. The Labute approximate surface area is 177 Å². The number of carbonyl (C=O) groups excluding carboxylic acids is 3. The van der Waals surface area contributed by atoms with Crippen LogP contribution in [0.4, 0.5) is 0 Å². The van der Waals surface area contributed by atoms with E-state index in [4.69, 9.17) is 44.3 Å². The number of carbonyl (C=O) groups is 3. The van der Waals surface area contributed by atoms with E-state index in [-0.39, 0.29) is 22.6 Å². The highest BCUT2D eigenvalue weighted by Crippen LogP contribution is 2.45. The van der Waals surface area contributed by atoms with Gasteiger partial charge < -0.3 is 14.4 Å². The van der Waals surface area contributed by atoms with Crippen molar-refractivity contribution >= 4 is 64.4 Å². The molecule has 0 aliphatic carbocycles. The molecule has 2 aliphatic rings. The van der Waals surface area contributed by atoms with Gasteiger partial charge in [-0.2, -0.15) is 0 Å². The number of nitrogens with one attached hydrogen (secondary N) is 1. The summed E-state index contributed by atoms with van der Waals surface area (Å²) in [6, 6.07) is -1.56. The normalized spacial score (nSPS) is 25.5. The average molecular weight is 462 g/mol. The van der Waals surface area contributed by atoms with Gasteiger partial charge in [-0.1, -0.05) is 34.8 Å². The van der Waals surface area contributed by atoms with Crippen LogP contribution < -0.4 is 5.32 Å². The summed E-state index contributed by atoms with van der Waals surface area (Å²) < 4.78 is 8.53. The number of thioether (sulfide) groups is 1. The minimum atomic E-state index is -1.79. The van der Waals surface area contributed by atoms with Crippen LogP contribution in [0.15, 0.2) is 0 Å². The molecule has 0 bridgehead atoms. The van der Waals surface area contributed by atoms with Gasteiger partial charge in [-0.3, -0.25) is 14.9 Å². The highest BCUT2D eigenvalue weighted by molar-refractivity contribution is 8.01. The minimum Gasteiger partial charge on any atom is -0.460 e. The molecule has 27 heavy (non-hydrogen) atoms. The first-order chi connectivity index (χ1) is 12.1. The van der Waals surface area contributed by atoms with Crippen molar-refractivity contribution in [2.45, 2.75) is 72.8 Å². The smallest absolute Gasteiger partial charge is 0.329 e. The highest BCUT2D eigenvalue weighted by atomic mass is 35.6. The Kier molecular flexibility index (Phi) is 6.59. The van der Waals surface area contributed by atoms with E-state index in [0.717, 1.165) is 0 Å². The van der Waals surface area contributed by atoms with Crippen LogP contribution in [-0.2, 0) is 23.9 Å². The molecule has 0 saturated carbocycles. The van der Waals surface area contributed by atoms with Crippen molar-refractivity contribution in [1.82, 2.24) is 10.2 Å². The van der Waals surface area contributed by atoms with Crippen molar-refractivity contribution in [1.29, 1.82) is 0 Å². The topological polar surface area (TPSA) is 84.9 Å². The average Bonchev–Trinajstić information content (AvgIpc) is 2.73. The largest absolute Gasteiger partial charge is 0.460 e. The van der Waals surface area contributed by atoms with Crippen LogP contribution in [0.3, 0.4) is 0 Å². The molecule has 2 saturated heterocycles. The van der Waals surface area contributed by atoms with Crippen molar-refractivity contribution in [2.75, 3.05) is 6.61 Å². The third kappa shape index (κ3) is 6.03. The van der Waals surface area contributed by atoms with E-state index in [0.29, 0.717) is 0 Å². The number of esters is 2. The van der Waals surface area contributed by atoms with Gasteiger partial charge in [-0.15, -0.1) is 11.8 Å². The summed E-state index contributed by atoms with van der Waals surface area (Å²) in [5, 5.41) is 2.90. The molecule has 0 spiro atoms. The summed E-state index contributed by atoms with van der Waals surface area (Å²) in [6.07, 6.45) is -0.341. The predicted octanol–water partition coefficient (Wildman–Crippen LogP) is 2.61. The fourth-order valence-electron chi connectivity index (χ4n) is 2.87. The summed E-state index contributed by atoms with van der Waals surface area (Å²) in [5.41, 5.74) is -0.726. The number of alkyl halides is 3. The Morgan fingerprint density at radius 3 is 2.41 bits per heavy atom. The second-order valence-electron chi connectivity index (χ2n) is 7.92. The quantitative estimate of drug-likeness (QED) is 0.383. The third-order valence-electron chi connectivity index (χ3n) is 3.76. The Bertz CT molecular complexity index is 633. The minimum absolute atomic E-state index is 0.280. The lowest BCUT2D eigenvalue weighted by molar-refractivity contribution is -0.170. The van der Waals surface area contributed by atoms with Gasteiger partial charge in [-0.05, 0) is 34.6 Å². The molecule has 0 aromatic heterocycles. The molecule has 0 aromatic carbocycles. The van der Waals surface area contributed by atoms with Crippen LogP contribution in [0.2, 0.25) is 0 Å². The number of ether oxygens (including phenoxy) is 2. The zero-order chi connectivity index (χ0) is 20.8. The molecule has 1 amide bonds. The number of amides is 1. The molecule has 2 heterocycles. The van der Waals surface area contributed by atoms with E-state index in [1.165, 1.54) is 16.7 Å². The lowest BCUT2D eigenvalue weighted by Gasteiger charge is -2.45. The van der Waals surface area contributed by atoms with Gasteiger partial charge in [0, 0.05) is 0 Å². The van der Waals surface area contributed by atoms with Crippen LogP contribution in [0.5, 0.6) is 0 Å². The van der Waals surface area contributed by atoms with E-state index >= 15 is 0 Å². The van der Waals surface area contributed by atoms with Crippen LogP contribution in [-0.4, -0.2) is 61.1 Å². The SMILES string of the molecule is CC(C)(C)OC(=O)CC(C(=O)OCC(Cl)(Cl)Cl)N1C(=O)C2NC(C)(C)SC21. The molecule has 7 nitrogen and oxygen atoms in total. The lowest BCUT2D eigenvalue weighted by Crippen LogP contribution is -2.70. The first-order valence-corrected chi connectivity index (χ1v) is 10.3. The van der Waals surface area contributed by atoms with Crippen molar-refractivity contribution < 1.29 is 23.9 Å². The number of hydrogen-bond donors (Lipinski definition) is 1. The van der Waals surface area contributed by atoms with E-state index < -0.39 is 40.0 Å². The molecule has 11 heteroatoms. The molecular formula is C16H23Cl3N2O5S. The molecule has 1 N–H and O–H groups in total. The van der Waals surface area contributed by atoms with Gasteiger partial charge in [0.25, 0.3) is 0 Å². The van der Waals surface area contributed by atoms with Crippen molar-refractivity contribution in [3.05, 3.63) is 0 Å². The van der Waals surface area contributed by atoms with Crippen molar-refractivity contribution in [3.63, 3.8) is 0 Å². The molecule has 3 atom stereocenters. The summed E-state index contributed by atoms with van der Waals surface area (Å²) in [5.74, 6) is -1.72. The van der Waals surface area contributed by atoms with E-state index in [1.54, 1.807) is 20.8 Å². The maximum atomic E-state index is 12.6. The number of β-lactam (4-membered cyclic amide) rings is 1. The molecule has 2 rings (SSSR count). The van der Waals surface area contributed by atoms with Crippen molar-refractivity contribution in [2.24, 2.45) is 0 Å². The predicted molar refractivity (Wildman–Crippen MR) is 105 cm³/mol. The Hall–Kier alpha value is -0.410. The molecule has 2 aliphatic heterocycles. The second kappa shape index (κ2) is 7.78. The number of rotatable bonds is 5. The van der Waals surface area contributed by atoms with Crippen LogP contribution in [0.25, 0.3) is 0 Å². The van der Waals surface area contributed by atoms with E-state index in [9.17, 15) is 14.4 Å². The number of fused-ring (bicyclic) bond motifs is 1. The summed E-state index contributed by atoms with van der Waals surface area (Å²) in [7, 11) is 0. The monoisotopic (exact) mass is 460 g/mol. The fraction of sp³-hybridized carbons (Fsp3) is 0.812. The van der Waals surface area contributed by atoms with Crippen molar-refractivity contribution in [3.8, 4) is 0 Å². The van der Waals surface area contributed by atoms with Gasteiger partial charge in [0.15, 0.2) is 0 Å². The van der Waals surface area contributed by atoms with E-state index in [2.05, 4.69) is 5.32 Å². The summed E-state index contributed by atoms with van der Waals surface area (Å²) >= 11 is 18.4. The van der Waals surface area contributed by atoms with Gasteiger partial charge in [0.05, 0.1) is 11.3 Å². The highest BCUT2D eigenvalue weighted by Gasteiger charge is 2.60. The molecule has 2 fully saturated rings. The maximum Gasteiger partial charge on any atom is 0.329 e. The summed E-state index contributed by atoms with van der Waals surface area (Å²) in [6.45, 7) is 8.52. The first-order valence-electron chi connectivity index (χ1n) is 8.32. The fourth-order valence-corrected chi connectivity index (χ4v) is 4.52. The first kappa shape index (κ1) is 22.9. The third-order valence-corrected chi connectivity index (χ3v) is 5.54. The van der Waals surface area contributed by atoms with Crippen LogP contribution in [0, 0.1) is 0 Å². The lowest BCUT2D eigenvalue weighted by atomic mass is 10.0. The standard InChI is InChI=1S/C16H23Cl3N2O5S/c1-14(2,3)26-9(22)6-8(13(24)25-7-16(17,18)19)21-11(23)10-12(21)27-15(4,5)20-10/h8,10,12,20H,6-7H2,1-5H3.